The molecule has 1 N–H and O–H groups in total. The van der Waals surface area contributed by atoms with E-state index in [1.807, 2.05) is 32.7 Å². The Hall–Kier alpha value is -1.07. The third-order valence-corrected chi connectivity index (χ3v) is 4.65. The molecule has 1 aliphatic heterocycles. The van der Waals surface area contributed by atoms with Crippen LogP contribution in [0.3, 0.4) is 0 Å². The molecule has 0 aliphatic carbocycles. The number of hydrogen-bond donors (Lipinski definition) is 1. The third kappa shape index (κ3) is 4.20. The van der Waals surface area contributed by atoms with Gasteiger partial charge in [0.1, 0.15) is 5.60 Å². The second-order valence-electron chi connectivity index (χ2n) is 6.73. The molecule has 1 aliphatic rings. The molecule has 1 fully saturated rings. The quantitative estimate of drug-likeness (QED) is 0.928. The van der Waals surface area contributed by atoms with Crippen molar-refractivity contribution in [2.75, 3.05) is 20.1 Å². The molecule has 2 unspecified atom stereocenters. The van der Waals surface area contributed by atoms with Crippen LogP contribution in [0.4, 0.5) is 4.79 Å². The van der Waals surface area contributed by atoms with Gasteiger partial charge in [-0.25, -0.2) is 4.79 Å². The van der Waals surface area contributed by atoms with Gasteiger partial charge in [0, 0.05) is 24.0 Å². The largest absolute Gasteiger partial charge is 0.444 e. The van der Waals surface area contributed by atoms with Crippen LogP contribution in [0.15, 0.2) is 11.4 Å². The number of likely N-dealkylation sites (tertiary alicyclic amines) is 1. The van der Waals surface area contributed by atoms with Crippen LogP contribution in [-0.2, 0) is 4.74 Å². The summed E-state index contributed by atoms with van der Waals surface area (Å²) in [5, 5.41) is 5.62. The molecule has 0 aromatic carbocycles. The fraction of sp³-hybridized carbons (Fsp3) is 0.688. The summed E-state index contributed by atoms with van der Waals surface area (Å²) in [5.74, 6) is 0.441. The molecule has 2 rings (SSSR count). The van der Waals surface area contributed by atoms with Crippen molar-refractivity contribution in [1.29, 1.82) is 0 Å². The lowest BCUT2D eigenvalue weighted by Crippen LogP contribution is -2.36. The second-order valence-corrected chi connectivity index (χ2v) is 7.85. The summed E-state index contributed by atoms with van der Waals surface area (Å²) in [6.45, 7) is 9.38. The van der Waals surface area contributed by atoms with Gasteiger partial charge in [0.05, 0.1) is 0 Å². The van der Waals surface area contributed by atoms with Crippen LogP contribution in [0.5, 0.6) is 0 Å². The zero-order valence-corrected chi connectivity index (χ0v) is 14.4. The highest BCUT2D eigenvalue weighted by Crippen LogP contribution is 2.32. The minimum absolute atomic E-state index is 0.193. The van der Waals surface area contributed by atoms with E-state index in [4.69, 9.17) is 4.74 Å². The molecule has 1 saturated heterocycles. The van der Waals surface area contributed by atoms with E-state index in [2.05, 4.69) is 23.7 Å². The van der Waals surface area contributed by atoms with E-state index in [-0.39, 0.29) is 6.09 Å². The van der Waals surface area contributed by atoms with Gasteiger partial charge in [0.25, 0.3) is 0 Å². The Morgan fingerprint density at radius 3 is 2.76 bits per heavy atom. The normalized spacial score (nSPS) is 20.6. The van der Waals surface area contributed by atoms with Gasteiger partial charge in [-0.05, 0) is 64.1 Å². The predicted octanol–water partition coefficient (Wildman–Crippen LogP) is 3.57. The highest BCUT2D eigenvalue weighted by atomic mass is 32.1. The van der Waals surface area contributed by atoms with Crippen molar-refractivity contribution in [2.45, 2.75) is 45.8 Å². The molecule has 1 aromatic heterocycles. The van der Waals surface area contributed by atoms with Crippen LogP contribution >= 0.6 is 11.3 Å². The Kier molecular flexibility index (Phi) is 4.94. The smallest absolute Gasteiger partial charge is 0.410 e. The Morgan fingerprint density at radius 2 is 2.24 bits per heavy atom. The molecule has 0 radical (unpaired) electrons. The first-order valence-corrected chi connectivity index (χ1v) is 8.38. The lowest BCUT2D eigenvalue weighted by Gasteiger charge is -2.26. The minimum Gasteiger partial charge on any atom is -0.444 e. The first-order valence-electron chi connectivity index (χ1n) is 7.50. The predicted molar refractivity (Wildman–Crippen MR) is 86.8 cm³/mol. The van der Waals surface area contributed by atoms with Crippen LogP contribution in [0.1, 0.15) is 43.7 Å². The number of aryl methyl sites for hydroxylation is 1. The molecule has 0 spiro atoms. The van der Waals surface area contributed by atoms with Gasteiger partial charge < -0.3 is 15.0 Å². The number of thiophene rings is 1. The van der Waals surface area contributed by atoms with Gasteiger partial charge in [0.2, 0.25) is 0 Å². The van der Waals surface area contributed by atoms with Gasteiger partial charge in [-0.1, -0.05) is 0 Å². The number of carbonyl (C=O) groups excluding carboxylic acids is 1. The number of nitrogens with zero attached hydrogens (tertiary/aromatic N) is 1. The van der Waals surface area contributed by atoms with E-state index >= 15 is 0 Å². The SMILES string of the molecule is CNC(c1csc(C)c1)C1CCN(C(=O)OC(C)(C)C)C1. The first-order chi connectivity index (χ1) is 9.80. The van der Waals surface area contributed by atoms with Gasteiger partial charge in [0.15, 0.2) is 0 Å². The topological polar surface area (TPSA) is 41.6 Å². The highest BCUT2D eigenvalue weighted by Gasteiger charge is 2.34. The van der Waals surface area contributed by atoms with E-state index in [9.17, 15) is 4.79 Å². The number of rotatable bonds is 3. The maximum atomic E-state index is 12.1. The molecule has 4 nitrogen and oxygen atoms in total. The van der Waals surface area contributed by atoms with E-state index in [1.165, 1.54) is 10.4 Å². The summed E-state index contributed by atoms with van der Waals surface area (Å²) in [4.78, 5) is 15.3. The maximum absolute atomic E-state index is 12.1. The first kappa shape index (κ1) is 16.3. The summed E-state index contributed by atoms with van der Waals surface area (Å²) in [7, 11) is 1.99. The minimum atomic E-state index is -0.429. The van der Waals surface area contributed by atoms with Crippen molar-refractivity contribution in [1.82, 2.24) is 10.2 Å². The molecule has 1 amide bonds. The Balaban J connectivity index is 1.99. The molecule has 1 aromatic rings. The Bertz CT molecular complexity index is 493. The van der Waals surface area contributed by atoms with E-state index in [0.717, 1.165) is 19.5 Å². The van der Waals surface area contributed by atoms with Crippen molar-refractivity contribution in [3.05, 3.63) is 21.9 Å². The lowest BCUT2D eigenvalue weighted by atomic mass is 9.94. The number of carbonyl (C=O) groups is 1. The summed E-state index contributed by atoms with van der Waals surface area (Å²) in [6.07, 6.45) is 0.820. The average Bonchev–Trinajstić information content (AvgIpc) is 2.98. The molecule has 0 saturated carbocycles. The van der Waals surface area contributed by atoms with Gasteiger partial charge in [-0.3, -0.25) is 0 Å². The Morgan fingerprint density at radius 1 is 1.52 bits per heavy atom. The summed E-state index contributed by atoms with van der Waals surface area (Å²) < 4.78 is 5.46. The molecule has 5 heteroatoms. The number of hydrogen-bond acceptors (Lipinski definition) is 4. The van der Waals surface area contributed by atoms with E-state index < -0.39 is 5.60 Å². The summed E-state index contributed by atoms with van der Waals surface area (Å²) >= 11 is 1.78. The number of amides is 1. The zero-order chi connectivity index (χ0) is 15.6. The van der Waals surface area contributed by atoms with E-state index in [1.54, 1.807) is 11.3 Å². The van der Waals surface area contributed by atoms with Crippen molar-refractivity contribution in [2.24, 2.45) is 5.92 Å². The average molecular weight is 310 g/mol. The van der Waals surface area contributed by atoms with Crippen LogP contribution in [-0.4, -0.2) is 36.7 Å². The molecular formula is C16H26N2O2S. The number of nitrogens with one attached hydrogen (secondary N) is 1. The van der Waals surface area contributed by atoms with Crippen molar-refractivity contribution < 1.29 is 9.53 Å². The lowest BCUT2D eigenvalue weighted by molar-refractivity contribution is 0.0285. The van der Waals surface area contributed by atoms with Gasteiger partial charge >= 0.3 is 6.09 Å². The van der Waals surface area contributed by atoms with Crippen LogP contribution < -0.4 is 5.32 Å². The fourth-order valence-electron chi connectivity index (χ4n) is 2.85. The molecule has 0 bridgehead atoms. The molecule has 118 valence electrons. The van der Waals surface area contributed by atoms with Crippen molar-refractivity contribution in [3.8, 4) is 0 Å². The number of ether oxygens (including phenoxy) is 1. The monoisotopic (exact) mass is 310 g/mol. The summed E-state index contributed by atoms with van der Waals surface area (Å²) in [6, 6.07) is 2.55. The van der Waals surface area contributed by atoms with Crippen molar-refractivity contribution >= 4 is 17.4 Å². The highest BCUT2D eigenvalue weighted by molar-refractivity contribution is 7.10. The second kappa shape index (κ2) is 6.36. The van der Waals surface area contributed by atoms with Gasteiger partial charge in [-0.15, -0.1) is 11.3 Å². The van der Waals surface area contributed by atoms with E-state index in [0.29, 0.717) is 12.0 Å². The molecular weight excluding hydrogens is 284 g/mol. The maximum Gasteiger partial charge on any atom is 0.410 e. The van der Waals surface area contributed by atoms with Crippen molar-refractivity contribution in [3.63, 3.8) is 0 Å². The fourth-order valence-corrected chi connectivity index (χ4v) is 3.59. The van der Waals surface area contributed by atoms with Crippen LogP contribution in [0.2, 0.25) is 0 Å². The molecule has 2 heterocycles. The zero-order valence-electron chi connectivity index (χ0n) is 13.6. The van der Waals surface area contributed by atoms with Crippen LogP contribution in [0, 0.1) is 12.8 Å². The molecule has 21 heavy (non-hydrogen) atoms. The Labute approximate surface area is 131 Å². The van der Waals surface area contributed by atoms with Crippen LogP contribution in [0.25, 0.3) is 0 Å². The third-order valence-electron chi connectivity index (χ3n) is 3.77. The van der Waals surface area contributed by atoms with Gasteiger partial charge in [-0.2, -0.15) is 0 Å². The molecule has 2 atom stereocenters. The standard InChI is InChI=1S/C16H26N2O2S/c1-11-8-13(10-21-11)14(17-5)12-6-7-18(9-12)15(19)20-16(2,3)4/h8,10,12,14,17H,6-7,9H2,1-5H3. The summed E-state index contributed by atoms with van der Waals surface area (Å²) in [5.41, 5.74) is 0.901.